The summed E-state index contributed by atoms with van der Waals surface area (Å²) in [4.78, 5) is 37.8. The molecule has 152 valence electrons. The number of hydrogen-bond donors (Lipinski definition) is 2. The lowest BCUT2D eigenvalue weighted by molar-refractivity contribution is -0.125. The van der Waals surface area contributed by atoms with Gasteiger partial charge in [-0.25, -0.2) is 0 Å². The average molecular weight is 395 g/mol. The smallest absolute Gasteiger partial charge is 0.267 e. The van der Waals surface area contributed by atoms with Crippen LogP contribution in [-0.2, 0) is 14.4 Å². The molecule has 0 aromatic heterocycles. The lowest BCUT2D eigenvalue weighted by Crippen LogP contribution is -2.45. The van der Waals surface area contributed by atoms with Gasteiger partial charge in [0.25, 0.3) is 5.91 Å². The summed E-state index contributed by atoms with van der Waals surface area (Å²) in [7, 11) is 0. The summed E-state index contributed by atoms with van der Waals surface area (Å²) < 4.78 is 5.62. The van der Waals surface area contributed by atoms with Crippen molar-refractivity contribution in [1.29, 1.82) is 0 Å². The van der Waals surface area contributed by atoms with Crippen LogP contribution in [0.15, 0.2) is 48.5 Å². The highest BCUT2D eigenvalue weighted by Gasteiger charge is 2.31. The fraction of sp³-hybridized carbons (Fsp3) is 0.318. The van der Waals surface area contributed by atoms with E-state index in [0.717, 1.165) is 5.56 Å². The van der Waals surface area contributed by atoms with Gasteiger partial charge in [-0.3, -0.25) is 14.4 Å². The van der Waals surface area contributed by atoms with E-state index in [4.69, 9.17) is 4.74 Å². The molecule has 2 unspecified atom stereocenters. The van der Waals surface area contributed by atoms with Crippen molar-refractivity contribution in [2.24, 2.45) is 0 Å². The number of fused-ring (bicyclic) bond motifs is 1. The third-order valence-corrected chi connectivity index (χ3v) is 4.72. The molecule has 0 aliphatic carbocycles. The highest BCUT2D eigenvalue weighted by atomic mass is 16.5. The molecular weight excluding hydrogens is 370 g/mol. The van der Waals surface area contributed by atoms with E-state index in [0.29, 0.717) is 17.1 Å². The van der Waals surface area contributed by atoms with Gasteiger partial charge in [0.2, 0.25) is 11.8 Å². The zero-order valence-electron chi connectivity index (χ0n) is 16.8. The summed E-state index contributed by atoms with van der Waals surface area (Å²) in [5, 5.41) is 5.68. The van der Waals surface area contributed by atoms with Crippen LogP contribution in [-0.4, -0.2) is 30.4 Å². The number of para-hydroxylation sites is 2. The van der Waals surface area contributed by atoms with Crippen LogP contribution in [0.5, 0.6) is 5.75 Å². The first kappa shape index (κ1) is 20.4. The molecule has 0 spiro atoms. The van der Waals surface area contributed by atoms with Crippen molar-refractivity contribution in [3.05, 3.63) is 54.1 Å². The highest BCUT2D eigenvalue weighted by Crippen LogP contribution is 2.33. The number of carbonyl (C=O) groups excluding carboxylic acids is 3. The molecule has 0 radical (unpaired) electrons. The van der Waals surface area contributed by atoms with Gasteiger partial charge in [-0.2, -0.15) is 0 Å². The van der Waals surface area contributed by atoms with Gasteiger partial charge >= 0.3 is 0 Å². The number of rotatable bonds is 6. The van der Waals surface area contributed by atoms with Crippen LogP contribution >= 0.6 is 0 Å². The third kappa shape index (κ3) is 4.93. The molecule has 7 heteroatoms. The van der Waals surface area contributed by atoms with E-state index in [2.05, 4.69) is 10.6 Å². The summed E-state index contributed by atoms with van der Waals surface area (Å²) in [6.45, 7) is 5.30. The maximum absolute atomic E-state index is 12.5. The molecule has 1 heterocycles. The first-order valence-corrected chi connectivity index (χ1v) is 9.59. The Morgan fingerprint density at radius 1 is 1.17 bits per heavy atom. The standard InChI is InChI=1S/C22H25N3O4/c1-14(17-7-6-8-18(13-17)24-16(3)26)23-21(27)11-12-25-19-9-4-5-10-20(19)29-15(2)22(25)28/h4-10,13-15H,11-12H2,1-3H3,(H,23,27)(H,24,26). The van der Waals surface area contributed by atoms with E-state index in [-0.39, 0.29) is 36.7 Å². The Bertz CT molecular complexity index is 928. The Morgan fingerprint density at radius 3 is 2.69 bits per heavy atom. The number of anilines is 2. The summed E-state index contributed by atoms with van der Waals surface area (Å²) in [6.07, 6.45) is -0.411. The summed E-state index contributed by atoms with van der Waals surface area (Å²) in [5.41, 5.74) is 2.24. The van der Waals surface area contributed by atoms with Crippen LogP contribution in [0.1, 0.15) is 38.8 Å². The molecule has 0 saturated carbocycles. The number of amides is 3. The summed E-state index contributed by atoms with van der Waals surface area (Å²) in [6, 6.07) is 14.4. The van der Waals surface area contributed by atoms with Gasteiger partial charge in [-0.1, -0.05) is 24.3 Å². The zero-order chi connectivity index (χ0) is 21.0. The molecule has 7 nitrogen and oxygen atoms in total. The second kappa shape index (κ2) is 8.77. The molecule has 0 fully saturated rings. The lowest BCUT2D eigenvalue weighted by atomic mass is 10.1. The van der Waals surface area contributed by atoms with Crippen molar-refractivity contribution in [3.8, 4) is 5.75 Å². The number of ether oxygens (including phenoxy) is 1. The van der Waals surface area contributed by atoms with Gasteiger partial charge in [-0.05, 0) is 43.7 Å². The van der Waals surface area contributed by atoms with E-state index in [1.54, 1.807) is 17.9 Å². The highest BCUT2D eigenvalue weighted by molar-refractivity contribution is 6.00. The molecule has 3 amide bonds. The van der Waals surface area contributed by atoms with Crippen molar-refractivity contribution in [2.75, 3.05) is 16.8 Å². The topological polar surface area (TPSA) is 87.7 Å². The monoisotopic (exact) mass is 395 g/mol. The molecule has 2 aromatic carbocycles. The lowest BCUT2D eigenvalue weighted by Gasteiger charge is -2.32. The molecule has 29 heavy (non-hydrogen) atoms. The molecule has 0 bridgehead atoms. The van der Waals surface area contributed by atoms with Crippen molar-refractivity contribution in [1.82, 2.24) is 5.32 Å². The molecule has 1 aliphatic rings. The van der Waals surface area contributed by atoms with Crippen LogP contribution in [0.3, 0.4) is 0 Å². The van der Waals surface area contributed by atoms with Crippen LogP contribution < -0.4 is 20.3 Å². The molecule has 2 aromatic rings. The largest absolute Gasteiger partial charge is 0.479 e. The predicted octanol–water partition coefficient (Wildman–Crippen LogP) is 3.03. The molecule has 0 saturated heterocycles. The fourth-order valence-corrected chi connectivity index (χ4v) is 3.29. The third-order valence-electron chi connectivity index (χ3n) is 4.72. The van der Waals surface area contributed by atoms with Crippen molar-refractivity contribution in [2.45, 2.75) is 39.3 Å². The van der Waals surface area contributed by atoms with Gasteiger partial charge < -0.3 is 20.3 Å². The second-order valence-corrected chi connectivity index (χ2v) is 7.06. The summed E-state index contributed by atoms with van der Waals surface area (Å²) in [5.74, 6) is 0.172. The maximum Gasteiger partial charge on any atom is 0.267 e. The Labute approximate surface area is 170 Å². The van der Waals surface area contributed by atoms with Crippen LogP contribution in [0.25, 0.3) is 0 Å². The van der Waals surface area contributed by atoms with Crippen LogP contribution in [0.4, 0.5) is 11.4 Å². The van der Waals surface area contributed by atoms with Gasteiger partial charge in [0, 0.05) is 25.6 Å². The van der Waals surface area contributed by atoms with Crippen LogP contribution in [0, 0.1) is 0 Å². The van der Waals surface area contributed by atoms with E-state index in [1.165, 1.54) is 6.92 Å². The van der Waals surface area contributed by atoms with E-state index in [1.807, 2.05) is 49.4 Å². The maximum atomic E-state index is 12.5. The van der Waals surface area contributed by atoms with Crippen molar-refractivity contribution >= 4 is 29.1 Å². The number of nitrogens with zero attached hydrogens (tertiary/aromatic N) is 1. The van der Waals surface area contributed by atoms with Gasteiger partial charge in [0.1, 0.15) is 5.75 Å². The predicted molar refractivity (Wildman–Crippen MR) is 111 cm³/mol. The molecular formula is C22H25N3O4. The first-order chi connectivity index (χ1) is 13.8. The minimum atomic E-state index is -0.580. The van der Waals surface area contributed by atoms with Crippen LogP contribution in [0.2, 0.25) is 0 Å². The SMILES string of the molecule is CC(=O)Nc1cccc(C(C)NC(=O)CCN2C(=O)C(C)Oc3ccccc32)c1. The number of hydrogen-bond acceptors (Lipinski definition) is 4. The Morgan fingerprint density at radius 2 is 1.93 bits per heavy atom. The number of benzene rings is 2. The van der Waals surface area contributed by atoms with Crippen molar-refractivity contribution < 1.29 is 19.1 Å². The van der Waals surface area contributed by atoms with E-state index in [9.17, 15) is 14.4 Å². The zero-order valence-corrected chi connectivity index (χ0v) is 16.8. The molecule has 1 aliphatic heterocycles. The molecule has 2 atom stereocenters. The minimum absolute atomic E-state index is 0.150. The van der Waals surface area contributed by atoms with Gasteiger partial charge in [-0.15, -0.1) is 0 Å². The molecule has 2 N–H and O–H groups in total. The quantitative estimate of drug-likeness (QED) is 0.787. The Kier molecular flexibility index (Phi) is 6.16. The number of carbonyl (C=O) groups is 3. The Hall–Kier alpha value is -3.35. The Balaban J connectivity index is 1.61. The summed E-state index contributed by atoms with van der Waals surface area (Å²) >= 11 is 0. The van der Waals surface area contributed by atoms with Gasteiger partial charge in [0.15, 0.2) is 6.10 Å². The molecule has 3 rings (SSSR count). The average Bonchev–Trinajstić information content (AvgIpc) is 2.68. The van der Waals surface area contributed by atoms with Gasteiger partial charge in [0.05, 0.1) is 11.7 Å². The normalized spacial score (nSPS) is 16.4. The minimum Gasteiger partial charge on any atom is -0.479 e. The van der Waals surface area contributed by atoms with E-state index < -0.39 is 6.10 Å². The number of nitrogens with one attached hydrogen (secondary N) is 2. The second-order valence-electron chi connectivity index (χ2n) is 7.06. The first-order valence-electron chi connectivity index (χ1n) is 9.59. The van der Waals surface area contributed by atoms with E-state index >= 15 is 0 Å². The fourth-order valence-electron chi connectivity index (χ4n) is 3.29. The van der Waals surface area contributed by atoms with Crippen molar-refractivity contribution in [3.63, 3.8) is 0 Å².